The van der Waals surface area contributed by atoms with Gasteiger partial charge in [0.2, 0.25) is 11.7 Å². The van der Waals surface area contributed by atoms with Crippen LogP contribution in [0.25, 0.3) is 0 Å². The molecule has 0 aromatic heterocycles. The molecule has 22 heavy (non-hydrogen) atoms. The minimum atomic E-state index is -0.647. The largest absolute Gasteiger partial charge is 0.347 e. The Labute approximate surface area is 129 Å². The van der Waals surface area contributed by atoms with Crippen molar-refractivity contribution in [2.75, 3.05) is 0 Å². The van der Waals surface area contributed by atoms with Gasteiger partial charge in [-0.1, -0.05) is 37.3 Å². The standard InChI is InChI=1S/C17H20N2O3/c1-11-9-14(20)19(10-12-5-3-2-4-6-12)15(11)16(21)17(22)18-13-7-8-13/h2-6,11,13,15H,7-10H2,1H3,(H,18,22)/t11-,15-/m1/s1. The van der Waals surface area contributed by atoms with Crippen molar-refractivity contribution < 1.29 is 14.4 Å². The summed E-state index contributed by atoms with van der Waals surface area (Å²) in [5.41, 5.74) is 0.963. The van der Waals surface area contributed by atoms with E-state index in [4.69, 9.17) is 0 Å². The Morgan fingerprint density at radius 1 is 1.23 bits per heavy atom. The predicted octanol–water partition coefficient (Wildman–Crippen LogP) is 1.27. The van der Waals surface area contributed by atoms with E-state index in [1.54, 1.807) is 4.90 Å². The minimum Gasteiger partial charge on any atom is -0.347 e. The van der Waals surface area contributed by atoms with Crippen molar-refractivity contribution in [2.24, 2.45) is 5.92 Å². The number of nitrogens with zero attached hydrogens (tertiary/aromatic N) is 1. The van der Waals surface area contributed by atoms with Crippen LogP contribution in [0.5, 0.6) is 0 Å². The first-order chi connectivity index (χ1) is 10.6. The number of Topliss-reactive ketones (excluding diaryl/α,β-unsaturated/α-hetero) is 1. The lowest BCUT2D eigenvalue weighted by atomic mass is 9.98. The number of carbonyl (C=O) groups is 3. The zero-order chi connectivity index (χ0) is 15.7. The molecule has 5 nitrogen and oxygen atoms in total. The summed E-state index contributed by atoms with van der Waals surface area (Å²) in [5.74, 6) is -1.23. The Balaban J connectivity index is 1.75. The molecular weight excluding hydrogens is 280 g/mol. The molecule has 1 N–H and O–H groups in total. The van der Waals surface area contributed by atoms with Crippen LogP contribution in [0.4, 0.5) is 0 Å². The van der Waals surface area contributed by atoms with E-state index in [1.165, 1.54) is 0 Å². The van der Waals surface area contributed by atoms with E-state index in [0.717, 1.165) is 18.4 Å². The van der Waals surface area contributed by atoms with Gasteiger partial charge in [-0.2, -0.15) is 0 Å². The van der Waals surface area contributed by atoms with Crippen LogP contribution in [-0.4, -0.2) is 34.6 Å². The quantitative estimate of drug-likeness (QED) is 0.833. The van der Waals surface area contributed by atoms with Crippen LogP contribution in [-0.2, 0) is 20.9 Å². The van der Waals surface area contributed by atoms with E-state index in [-0.39, 0.29) is 17.9 Å². The number of amides is 2. The average Bonchev–Trinajstić information content (AvgIpc) is 3.26. The number of ketones is 1. The van der Waals surface area contributed by atoms with Crippen molar-refractivity contribution in [2.45, 2.75) is 44.8 Å². The van der Waals surface area contributed by atoms with Crippen molar-refractivity contribution in [1.29, 1.82) is 0 Å². The molecule has 1 aromatic rings. The van der Waals surface area contributed by atoms with Crippen LogP contribution in [0.15, 0.2) is 30.3 Å². The number of rotatable bonds is 5. The highest BCUT2D eigenvalue weighted by Gasteiger charge is 2.44. The van der Waals surface area contributed by atoms with Crippen LogP contribution >= 0.6 is 0 Å². The molecule has 3 rings (SSSR count). The summed E-state index contributed by atoms with van der Waals surface area (Å²) in [6.07, 6.45) is 2.19. The first-order valence-corrected chi connectivity index (χ1v) is 7.74. The lowest BCUT2D eigenvalue weighted by Gasteiger charge is -2.25. The first kappa shape index (κ1) is 14.8. The lowest BCUT2D eigenvalue weighted by Crippen LogP contribution is -2.47. The first-order valence-electron chi connectivity index (χ1n) is 7.74. The van der Waals surface area contributed by atoms with E-state index in [2.05, 4.69) is 5.32 Å². The van der Waals surface area contributed by atoms with Gasteiger partial charge in [0.1, 0.15) is 6.04 Å². The minimum absolute atomic E-state index is 0.0612. The predicted molar refractivity (Wildman–Crippen MR) is 80.7 cm³/mol. The second-order valence-corrected chi connectivity index (χ2v) is 6.25. The fourth-order valence-corrected chi connectivity index (χ4v) is 2.95. The van der Waals surface area contributed by atoms with Gasteiger partial charge in [-0.15, -0.1) is 0 Å². The highest BCUT2D eigenvalue weighted by Crippen LogP contribution is 2.28. The third-order valence-corrected chi connectivity index (χ3v) is 4.29. The molecule has 1 aliphatic carbocycles. The van der Waals surface area contributed by atoms with E-state index in [0.29, 0.717) is 13.0 Å². The maximum absolute atomic E-state index is 12.5. The summed E-state index contributed by atoms with van der Waals surface area (Å²) in [7, 11) is 0. The topological polar surface area (TPSA) is 66.5 Å². The molecular formula is C17H20N2O3. The molecule has 1 aliphatic heterocycles. The molecule has 2 amide bonds. The number of nitrogens with one attached hydrogen (secondary N) is 1. The van der Waals surface area contributed by atoms with E-state index < -0.39 is 17.7 Å². The van der Waals surface area contributed by atoms with Gasteiger partial charge < -0.3 is 10.2 Å². The molecule has 2 atom stereocenters. The van der Waals surface area contributed by atoms with Crippen molar-refractivity contribution in [1.82, 2.24) is 10.2 Å². The number of hydrogen-bond donors (Lipinski definition) is 1. The third kappa shape index (κ3) is 3.03. The second kappa shape index (κ2) is 5.91. The van der Waals surface area contributed by atoms with Crippen molar-refractivity contribution in [3.8, 4) is 0 Å². The van der Waals surface area contributed by atoms with Gasteiger partial charge >= 0.3 is 0 Å². The van der Waals surface area contributed by atoms with Gasteiger partial charge in [-0.25, -0.2) is 0 Å². The van der Waals surface area contributed by atoms with Gasteiger partial charge in [0.25, 0.3) is 5.91 Å². The number of benzene rings is 1. The maximum Gasteiger partial charge on any atom is 0.289 e. The SMILES string of the molecule is C[C@@H]1CC(=O)N(Cc2ccccc2)[C@H]1C(=O)C(=O)NC1CC1. The average molecular weight is 300 g/mol. The van der Waals surface area contributed by atoms with Gasteiger partial charge in [0.05, 0.1) is 0 Å². The summed E-state index contributed by atoms with van der Waals surface area (Å²) in [5, 5.41) is 2.72. The van der Waals surface area contributed by atoms with Crippen LogP contribution in [0.3, 0.4) is 0 Å². The molecule has 1 aromatic carbocycles. The normalized spacial score (nSPS) is 24.4. The molecule has 5 heteroatoms. The highest BCUT2D eigenvalue weighted by atomic mass is 16.2. The van der Waals surface area contributed by atoms with Gasteiger partial charge in [0, 0.05) is 19.0 Å². The van der Waals surface area contributed by atoms with E-state index in [1.807, 2.05) is 37.3 Å². The van der Waals surface area contributed by atoms with Gasteiger partial charge in [0.15, 0.2) is 0 Å². The number of carbonyl (C=O) groups excluding carboxylic acids is 3. The molecule has 116 valence electrons. The van der Waals surface area contributed by atoms with Gasteiger partial charge in [-0.05, 0) is 24.3 Å². The fraction of sp³-hybridized carbons (Fsp3) is 0.471. The van der Waals surface area contributed by atoms with Crippen molar-refractivity contribution >= 4 is 17.6 Å². The maximum atomic E-state index is 12.5. The smallest absolute Gasteiger partial charge is 0.289 e. The van der Waals surface area contributed by atoms with Crippen molar-refractivity contribution in [3.05, 3.63) is 35.9 Å². The zero-order valence-corrected chi connectivity index (χ0v) is 12.6. The molecule has 0 unspecified atom stereocenters. The van der Waals surface area contributed by atoms with Crippen LogP contribution in [0, 0.1) is 5.92 Å². The highest BCUT2D eigenvalue weighted by molar-refractivity contribution is 6.38. The molecule has 0 bridgehead atoms. The lowest BCUT2D eigenvalue weighted by molar-refractivity contribution is -0.143. The fourth-order valence-electron chi connectivity index (χ4n) is 2.95. The monoisotopic (exact) mass is 300 g/mol. The zero-order valence-electron chi connectivity index (χ0n) is 12.6. The van der Waals surface area contributed by atoms with Crippen LogP contribution in [0.2, 0.25) is 0 Å². The molecule has 1 heterocycles. The van der Waals surface area contributed by atoms with E-state index >= 15 is 0 Å². The van der Waals surface area contributed by atoms with Gasteiger partial charge in [-0.3, -0.25) is 14.4 Å². The van der Waals surface area contributed by atoms with Crippen LogP contribution < -0.4 is 5.32 Å². The molecule has 2 aliphatic rings. The second-order valence-electron chi connectivity index (χ2n) is 6.25. The molecule has 0 radical (unpaired) electrons. The number of likely N-dealkylation sites (tertiary alicyclic amines) is 1. The van der Waals surface area contributed by atoms with Crippen LogP contribution in [0.1, 0.15) is 31.7 Å². The molecule has 0 spiro atoms. The summed E-state index contributed by atoms with van der Waals surface area (Å²) in [4.78, 5) is 38.2. The summed E-state index contributed by atoms with van der Waals surface area (Å²) in [6, 6.07) is 9.04. The Morgan fingerprint density at radius 2 is 1.91 bits per heavy atom. The summed E-state index contributed by atoms with van der Waals surface area (Å²) < 4.78 is 0. The van der Waals surface area contributed by atoms with Crippen molar-refractivity contribution in [3.63, 3.8) is 0 Å². The Morgan fingerprint density at radius 3 is 2.55 bits per heavy atom. The number of hydrogen-bond acceptors (Lipinski definition) is 3. The Hall–Kier alpha value is -2.17. The summed E-state index contributed by atoms with van der Waals surface area (Å²) in [6.45, 7) is 2.23. The molecule has 1 saturated carbocycles. The Bertz CT molecular complexity index is 595. The summed E-state index contributed by atoms with van der Waals surface area (Å²) >= 11 is 0. The molecule has 1 saturated heterocycles. The molecule has 2 fully saturated rings. The Kier molecular flexibility index (Phi) is 3.96. The van der Waals surface area contributed by atoms with E-state index in [9.17, 15) is 14.4 Å². The third-order valence-electron chi connectivity index (χ3n) is 4.29.